The first-order chi connectivity index (χ1) is 9.76. The molecule has 1 saturated heterocycles. The summed E-state index contributed by atoms with van der Waals surface area (Å²) in [6.45, 7) is 6.69. The second-order valence-corrected chi connectivity index (χ2v) is 5.56. The van der Waals surface area contributed by atoms with Gasteiger partial charge in [-0.3, -0.25) is 0 Å². The predicted molar refractivity (Wildman–Crippen MR) is 83.5 cm³/mol. The highest BCUT2D eigenvalue weighted by Crippen LogP contribution is 2.26. The summed E-state index contributed by atoms with van der Waals surface area (Å²) in [5.74, 6) is 1.89. The molecular formula is C16H27N3O. The Morgan fingerprint density at radius 1 is 1.45 bits per heavy atom. The highest BCUT2D eigenvalue weighted by Gasteiger charge is 2.27. The van der Waals surface area contributed by atoms with E-state index in [9.17, 15) is 0 Å². The summed E-state index contributed by atoms with van der Waals surface area (Å²) in [6, 6.07) is 5.11. The standard InChI is InChI=1S/C16H27N3O/c1-4-10-17-13(2)15-7-5-6-11-19(15)16-9-8-14(20-3)12-18-16/h8-9,12-13,15,17H,4-7,10-11H2,1-3H3. The second-order valence-electron chi connectivity index (χ2n) is 5.56. The van der Waals surface area contributed by atoms with E-state index < -0.39 is 0 Å². The van der Waals surface area contributed by atoms with Gasteiger partial charge in [0.2, 0.25) is 0 Å². The summed E-state index contributed by atoms with van der Waals surface area (Å²) < 4.78 is 5.19. The van der Waals surface area contributed by atoms with Crippen LogP contribution in [0.5, 0.6) is 5.75 Å². The first kappa shape index (κ1) is 15.1. The summed E-state index contributed by atoms with van der Waals surface area (Å²) in [5.41, 5.74) is 0. The molecule has 0 spiro atoms. The average Bonchev–Trinajstić information content (AvgIpc) is 2.52. The van der Waals surface area contributed by atoms with E-state index in [2.05, 4.69) is 35.1 Å². The smallest absolute Gasteiger partial charge is 0.137 e. The van der Waals surface area contributed by atoms with Gasteiger partial charge >= 0.3 is 0 Å². The van der Waals surface area contributed by atoms with E-state index in [1.165, 1.54) is 25.7 Å². The van der Waals surface area contributed by atoms with Gasteiger partial charge in [-0.1, -0.05) is 6.92 Å². The number of nitrogens with one attached hydrogen (secondary N) is 1. The fraction of sp³-hybridized carbons (Fsp3) is 0.688. The van der Waals surface area contributed by atoms with Crippen molar-refractivity contribution in [1.29, 1.82) is 0 Å². The zero-order valence-corrected chi connectivity index (χ0v) is 12.9. The molecule has 112 valence electrons. The normalized spacial score (nSPS) is 20.8. The lowest BCUT2D eigenvalue weighted by Crippen LogP contribution is -2.51. The molecule has 2 heterocycles. The van der Waals surface area contributed by atoms with Crippen LogP contribution < -0.4 is 15.0 Å². The quantitative estimate of drug-likeness (QED) is 0.867. The van der Waals surface area contributed by atoms with Crippen LogP contribution in [-0.2, 0) is 0 Å². The molecule has 1 aliphatic rings. The van der Waals surface area contributed by atoms with E-state index >= 15 is 0 Å². The van der Waals surface area contributed by atoms with Gasteiger partial charge in [-0.05, 0) is 51.3 Å². The minimum Gasteiger partial charge on any atom is -0.495 e. The highest BCUT2D eigenvalue weighted by molar-refractivity contribution is 5.43. The SMILES string of the molecule is CCCNC(C)C1CCCCN1c1ccc(OC)cn1. The van der Waals surface area contributed by atoms with Crippen LogP contribution in [-0.4, -0.2) is 37.3 Å². The minimum absolute atomic E-state index is 0.499. The molecule has 1 N–H and O–H groups in total. The van der Waals surface area contributed by atoms with Crippen molar-refractivity contribution in [1.82, 2.24) is 10.3 Å². The van der Waals surface area contributed by atoms with Gasteiger partial charge in [0.05, 0.1) is 13.3 Å². The number of anilines is 1. The van der Waals surface area contributed by atoms with Gasteiger partial charge in [-0.15, -0.1) is 0 Å². The Hall–Kier alpha value is -1.29. The molecule has 4 heteroatoms. The van der Waals surface area contributed by atoms with Crippen LogP contribution in [0.2, 0.25) is 0 Å². The van der Waals surface area contributed by atoms with Crippen LogP contribution in [0.25, 0.3) is 0 Å². The van der Waals surface area contributed by atoms with E-state index in [1.807, 2.05) is 12.3 Å². The average molecular weight is 277 g/mol. The Morgan fingerprint density at radius 3 is 2.95 bits per heavy atom. The number of piperidine rings is 1. The van der Waals surface area contributed by atoms with Crippen molar-refractivity contribution in [2.45, 2.75) is 51.6 Å². The third-order valence-corrected chi connectivity index (χ3v) is 4.09. The molecule has 0 saturated carbocycles. The number of nitrogens with zero attached hydrogens (tertiary/aromatic N) is 2. The molecule has 20 heavy (non-hydrogen) atoms. The molecule has 2 unspecified atom stereocenters. The van der Waals surface area contributed by atoms with Gasteiger partial charge < -0.3 is 15.0 Å². The topological polar surface area (TPSA) is 37.4 Å². The zero-order chi connectivity index (χ0) is 14.4. The summed E-state index contributed by atoms with van der Waals surface area (Å²) >= 11 is 0. The van der Waals surface area contributed by atoms with Gasteiger partial charge in [0.25, 0.3) is 0 Å². The molecule has 0 aromatic carbocycles. The molecule has 1 fully saturated rings. The number of rotatable bonds is 6. The Morgan fingerprint density at radius 2 is 2.30 bits per heavy atom. The second kappa shape index (κ2) is 7.48. The van der Waals surface area contributed by atoms with Crippen molar-refractivity contribution in [3.63, 3.8) is 0 Å². The van der Waals surface area contributed by atoms with Crippen LogP contribution in [0.4, 0.5) is 5.82 Å². The Balaban J connectivity index is 2.08. The molecule has 4 nitrogen and oxygen atoms in total. The van der Waals surface area contributed by atoms with Crippen molar-refractivity contribution < 1.29 is 4.74 Å². The van der Waals surface area contributed by atoms with E-state index in [0.29, 0.717) is 12.1 Å². The molecule has 1 aromatic rings. The van der Waals surface area contributed by atoms with Crippen LogP contribution in [0.15, 0.2) is 18.3 Å². The zero-order valence-electron chi connectivity index (χ0n) is 12.9. The number of ether oxygens (including phenoxy) is 1. The van der Waals surface area contributed by atoms with Gasteiger partial charge in [-0.25, -0.2) is 4.98 Å². The van der Waals surface area contributed by atoms with Crippen molar-refractivity contribution >= 4 is 5.82 Å². The molecule has 2 rings (SSSR count). The Kier molecular flexibility index (Phi) is 5.65. The van der Waals surface area contributed by atoms with Crippen LogP contribution >= 0.6 is 0 Å². The maximum absolute atomic E-state index is 5.19. The Bertz CT molecular complexity index is 393. The first-order valence-electron chi connectivity index (χ1n) is 7.76. The Labute approximate surface area is 122 Å². The maximum Gasteiger partial charge on any atom is 0.137 e. The van der Waals surface area contributed by atoms with Gasteiger partial charge in [0.15, 0.2) is 0 Å². The largest absolute Gasteiger partial charge is 0.495 e. The summed E-state index contributed by atoms with van der Waals surface area (Å²) in [5, 5.41) is 3.63. The van der Waals surface area contributed by atoms with E-state index in [1.54, 1.807) is 7.11 Å². The van der Waals surface area contributed by atoms with E-state index in [4.69, 9.17) is 4.74 Å². The summed E-state index contributed by atoms with van der Waals surface area (Å²) in [7, 11) is 1.68. The van der Waals surface area contributed by atoms with Gasteiger partial charge in [0.1, 0.15) is 11.6 Å². The molecule has 0 aliphatic carbocycles. The number of aromatic nitrogens is 1. The molecule has 2 atom stereocenters. The summed E-state index contributed by atoms with van der Waals surface area (Å²) in [6.07, 6.45) is 6.80. The van der Waals surface area contributed by atoms with Crippen LogP contribution in [0.1, 0.15) is 39.5 Å². The van der Waals surface area contributed by atoms with Crippen molar-refractivity contribution in [3.8, 4) is 5.75 Å². The lowest BCUT2D eigenvalue weighted by Gasteiger charge is -2.40. The third kappa shape index (κ3) is 3.63. The lowest BCUT2D eigenvalue weighted by molar-refractivity contribution is 0.365. The fourth-order valence-electron chi connectivity index (χ4n) is 2.93. The van der Waals surface area contributed by atoms with Crippen molar-refractivity contribution in [3.05, 3.63) is 18.3 Å². The fourth-order valence-corrected chi connectivity index (χ4v) is 2.93. The minimum atomic E-state index is 0.499. The highest BCUT2D eigenvalue weighted by atomic mass is 16.5. The molecule has 0 radical (unpaired) electrons. The molecule has 0 amide bonds. The monoisotopic (exact) mass is 277 g/mol. The predicted octanol–water partition coefficient (Wildman–Crippen LogP) is 2.84. The molecule has 0 bridgehead atoms. The van der Waals surface area contributed by atoms with E-state index in [-0.39, 0.29) is 0 Å². The van der Waals surface area contributed by atoms with Crippen molar-refractivity contribution in [2.24, 2.45) is 0 Å². The van der Waals surface area contributed by atoms with Gasteiger partial charge in [0, 0.05) is 18.6 Å². The molecule has 1 aromatic heterocycles. The van der Waals surface area contributed by atoms with Crippen LogP contribution in [0, 0.1) is 0 Å². The molecular weight excluding hydrogens is 250 g/mol. The first-order valence-corrected chi connectivity index (χ1v) is 7.76. The number of methoxy groups -OCH3 is 1. The number of pyridine rings is 1. The number of hydrogen-bond donors (Lipinski definition) is 1. The third-order valence-electron chi connectivity index (χ3n) is 4.09. The maximum atomic E-state index is 5.19. The van der Waals surface area contributed by atoms with Crippen LogP contribution in [0.3, 0.4) is 0 Å². The summed E-state index contributed by atoms with van der Waals surface area (Å²) in [4.78, 5) is 7.01. The molecule has 1 aliphatic heterocycles. The van der Waals surface area contributed by atoms with E-state index in [0.717, 1.165) is 24.7 Å². The van der Waals surface area contributed by atoms with Crippen molar-refractivity contribution in [2.75, 3.05) is 25.1 Å². The number of hydrogen-bond acceptors (Lipinski definition) is 4. The van der Waals surface area contributed by atoms with Gasteiger partial charge in [-0.2, -0.15) is 0 Å². The lowest BCUT2D eigenvalue weighted by atomic mass is 9.96.